The third-order valence-electron chi connectivity index (χ3n) is 2.73. The highest BCUT2D eigenvalue weighted by Gasteiger charge is 2.20. The van der Waals surface area contributed by atoms with Gasteiger partial charge in [-0.2, -0.15) is 0 Å². The van der Waals surface area contributed by atoms with Crippen LogP contribution in [0.2, 0.25) is 0 Å². The Balaban J connectivity index is 1.71. The van der Waals surface area contributed by atoms with E-state index in [4.69, 9.17) is 4.74 Å². The van der Waals surface area contributed by atoms with Gasteiger partial charge in [0.1, 0.15) is 0 Å². The van der Waals surface area contributed by atoms with E-state index in [1.54, 1.807) is 18.3 Å². The molecule has 1 fully saturated rings. The summed E-state index contributed by atoms with van der Waals surface area (Å²) in [6, 6.07) is 3.54. The number of carbonyl (C=O) groups is 1. The number of rotatable bonds is 7. The Kier molecular flexibility index (Phi) is 4.52. The van der Waals surface area contributed by atoms with E-state index >= 15 is 0 Å². The number of ether oxygens (including phenoxy) is 1. The van der Waals surface area contributed by atoms with Crippen LogP contribution in [0.15, 0.2) is 18.3 Å². The molecule has 0 radical (unpaired) electrons. The molecule has 18 heavy (non-hydrogen) atoms. The number of nitrogens with one attached hydrogen (secondary N) is 2. The SMILES string of the molecule is CCOc1ccc(NC(=O)CNCC2CC2)cn1. The second-order valence-electron chi connectivity index (χ2n) is 4.44. The van der Waals surface area contributed by atoms with Crippen LogP contribution in [-0.2, 0) is 4.79 Å². The average Bonchev–Trinajstić information content (AvgIpc) is 3.16. The molecule has 0 spiro atoms. The van der Waals surface area contributed by atoms with Gasteiger partial charge in [-0.25, -0.2) is 4.98 Å². The van der Waals surface area contributed by atoms with Crippen molar-refractivity contribution in [1.82, 2.24) is 10.3 Å². The van der Waals surface area contributed by atoms with Crippen molar-refractivity contribution >= 4 is 11.6 Å². The van der Waals surface area contributed by atoms with E-state index in [0.717, 1.165) is 12.5 Å². The fraction of sp³-hybridized carbons (Fsp3) is 0.538. The molecule has 2 rings (SSSR count). The van der Waals surface area contributed by atoms with Crippen LogP contribution in [0, 0.1) is 5.92 Å². The summed E-state index contributed by atoms with van der Waals surface area (Å²) in [5.41, 5.74) is 0.691. The number of nitrogens with zero attached hydrogens (tertiary/aromatic N) is 1. The summed E-state index contributed by atoms with van der Waals surface area (Å²) in [5, 5.41) is 5.93. The largest absolute Gasteiger partial charge is 0.478 e. The highest BCUT2D eigenvalue weighted by Crippen LogP contribution is 2.27. The van der Waals surface area contributed by atoms with Crippen molar-refractivity contribution in [2.75, 3.05) is 25.0 Å². The monoisotopic (exact) mass is 249 g/mol. The van der Waals surface area contributed by atoms with Crippen molar-refractivity contribution in [2.45, 2.75) is 19.8 Å². The predicted molar refractivity (Wildman–Crippen MR) is 69.6 cm³/mol. The zero-order chi connectivity index (χ0) is 12.8. The minimum absolute atomic E-state index is 0.0402. The van der Waals surface area contributed by atoms with Crippen molar-refractivity contribution in [3.63, 3.8) is 0 Å². The second kappa shape index (κ2) is 6.35. The van der Waals surface area contributed by atoms with Crippen LogP contribution in [0.25, 0.3) is 0 Å². The minimum atomic E-state index is -0.0402. The average molecular weight is 249 g/mol. The maximum atomic E-state index is 11.6. The van der Waals surface area contributed by atoms with Gasteiger partial charge in [-0.05, 0) is 38.3 Å². The first-order valence-corrected chi connectivity index (χ1v) is 6.37. The van der Waals surface area contributed by atoms with Crippen molar-refractivity contribution in [3.8, 4) is 5.88 Å². The van der Waals surface area contributed by atoms with Crippen LogP contribution < -0.4 is 15.4 Å². The molecular weight excluding hydrogens is 230 g/mol. The molecule has 0 saturated heterocycles. The standard InChI is InChI=1S/C13H19N3O2/c1-2-18-13-6-5-11(8-15-13)16-12(17)9-14-7-10-3-4-10/h5-6,8,10,14H,2-4,7,9H2,1H3,(H,16,17). The topological polar surface area (TPSA) is 63.2 Å². The van der Waals surface area contributed by atoms with Gasteiger partial charge < -0.3 is 15.4 Å². The number of pyridine rings is 1. The molecule has 1 aliphatic carbocycles. The van der Waals surface area contributed by atoms with Crippen molar-refractivity contribution in [2.24, 2.45) is 5.92 Å². The lowest BCUT2D eigenvalue weighted by molar-refractivity contribution is -0.115. The van der Waals surface area contributed by atoms with Crippen LogP contribution in [0.4, 0.5) is 5.69 Å². The first kappa shape index (κ1) is 12.8. The van der Waals surface area contributed by atoms with E-state index in [1.165, 1.54) is 12.8 Å². The Hall–Kier alpha value is -1.62. The van der Waals surface area contributed by atoms with Crippen LogP contribution in [0.5, 0.6) is 5.88 Å². The molecule has 98 valence electrons. The fourth-order valence-corrected chi connectivity index (χ4v) is 1.60. The van der Waals surface area contributed by atoms with E-state index in [2.05, 4.69) is 15.6 Å². The van der Waals surface area contributed by atoms with Gasteiger partial charge in [0.05, 0.1) is 25.0 Å². The summed E-state index contributed by atoms with van der Waals surface area (Å²) in [7, 11) is 0. The molecule has 5 nitrogen and oxygen atoms in total. The molecule has 0 aromatic carbocycles. The van der Waals surface area contributed by atoms with Crippen LogP contribution in [-0.4, -0.2) is 30.6 Å². The molecule has 0 bridgehead atoms. The van der Waals surface area contributed by atoms with Gasteiger partial charge in [0.25, 0.3) is 0 Å². The highest BCUT2D eigenvalue weighted by atomic mass is 16.5. The Bertz CT molecular complexity index is 388. The summed E-state index contributed by atoms with van der Waals surface area (Å²) in [6.45, 7) is 3.78. The van der Waals surface area contributed by atoms with Gasteiger partial charge in [-0.15, -0.1) is 0 Å². The third-order valence-corrected chi connectivity index (χ3v) is 2.73. The number of carbonyl (C=O) groups excluding carboxylic acids is 1. The summed E-state index contributed by atoms with van der Waals surface area (Å²) < 4.78 is 5.23. The molecule has 0 atom stereocenters. The van der Waals surface area contributed by atoms with Gasteiger partial charge in [0.2, 0.25) is 11.8 Å². The summed E-state index contributed by atoms with van der Waals surface area (Å²) in [6.07, 6.45) is 4.18. The first-order chi connectivity index (χ1) is 8.78. The van der Waals surface area contributed by atoms with Crippen molar-refractivity contribution in [3.05, 3.63) is 18.3 Å². The van der Waals surface area contributed by atoms with Gasteiger partial charge in [-0.1, -0.05) is 0 Å². The lowest BCUT2D eigenvalue weighted by atomic mass is 10.4. The lowest BCUT2D eigenvalue weighted by Crippen LogP contribution is -2.29. The smallest absolute Gasteiger partial charge is 0.238 e. The number of hydrogen-bond acceptors (Lipinski definition) is 4. The molecule has 1 aromatic heterocycles. The zero-order valence-electron chi connectivity index (χ0n) is 10.6. The molecule has 1 amide bonds. The summed E-state index contributed by atoms with van der Waals surface area (Å²) >= 11 is 0. The number of amides is 1. The van der Waals surface area contributed by atoms with E-state index in [9.17, 15) is 4.79 Å². The highest BCUT2D eigenvalue weighted by molar-refractivity contribution is 5.92. The predicted octanol–water partition coefficient (Wildman–Crippen LogP) is 1.42. The number of aromatic nitrogens is 1. The Morgan fingerprint density at radius 1 is 1.50 bits per heavy atom. The Morgan fingerprint density at radius 3 is 2.94 bits per heavy atom. The molecule has 1 aromatic rings. The van der Waals surface area contributed by atoms with Gasteiger partial charge in [0, 0.05) is 6.07 Å². The first-order valence-electron chi connectivity index (χ1n) is 6.37. The van der Waals surface area contributed by atoms with E-state index in [-0.39, 0.29) is 5.91 Å². The Morgan fingerprint density at radius 2 is 2.33 bits per heavy atom. The molecule has 1 heterocycles. The van der Waals surface area contributed by atoms with E-state index in [1.807, 2.05) is 6.92 Å². The van der Waals surface area contributed by atoms with Crippen molar-refractivity contribution in [1.29, 1.82) is 0 Å². The molecule has 2 N–H and O–H groups in total. The van der Waals surface area contributed by atoms with Gasteiger partial charge in [-0.3, -0.25) is 4.79 Å². The molecule has 0 aliphatic heterocycles. The van der Waals surface area contributed by atoms with Crippen molar-refractivity contribution < 1.29 is 9.53 Å². The van der Waals surface area contributed by atoms with E-state index < -0.39 is 0 Å². The molecule has 1 saturated carbocycles. The quantitative estimate of drug-likeness (QED) is 0.767. The van der Waals surface area contributed by atoms with Crippen LogP contribution in [0.1, 0.15) is 19.8 Å². The van der Waals surface area contributed by atoms with Gasteiger partial charge in [0.15, 0.2) is 0 Å². The maximum Gasteiger partial charge on any atom is 0.238 e. The lowest BCUT2D eigenvalue weighted by Gasteiger charge is -2.07. The molecule has 5 heteroatoms. The maximum absolute atomic E-state index is 11.6. The van der Waals surface area contributed by atoms with Crippen LogP contribution in [0.3, 0.4) is 0 Å². The molecule has 0 unspecified atom stereocenters. The minimum Gasteiger partial charge on any atom is -0.478 e. The normalized spacial score (nSPS) is 14.3. The fourth-order valence-electron chi connectivity index (χ4n) is 1.60. The molecular formula is C13H19N3O2. The van der Waals surface area contributed by atoms with Crippen LogP contribution >= 0.6 is 0 Å². The number of anilines is 1. The molecule has 1 aliphatic rings. The van der Waals surface area contributed by atoms with Gasteiger partial charge >= 0.3 is 0 Å². The second-order valence-corrected chi connectivity index (χ2v) is 4.44. The van der Waals surface area contributed by atoms with E-state index in [0.29, 0.717) is 24.7 Å². The summed E-state index contributed by atoms with van der Waals surface area (Å²) in [5.74, 6) is 1.31. The summed E-state index contributed by atoms with van der Waals surface area (Å²) in [4.78, 5) is 15.7. The third kappa shape index (κ3) is 4.33. The Labute approximate surface area is 107 Å². The number of hydrogen-bond donors (Lipinski definition) is 2. The zero-order valence-corrected chi connectivity index (χ0v) is 10.6.